The van der Waals surface area contributed by atoms with Gasteiger partial charge in [-0.05, 0) is 44.5 Å². The number of aryl methyl sites for hydroxylation is 2. The van der Waals surface area contributed by atoms with E-state index in [0.29, 0.717) is 25.4 Å². The van der Waals surface area contributed by atoms with E-state index in [1.165, 1.54) is 0 Å². The van der Waals surface area contributed by atoms with Gasteiger partial charge >= 0.3 is 0 Å². The average Bonchev–Trinajstić information content (AvgIpc) is 2.88. The summed E-state index contributed by atoms with van der Waals surface area (Å²) in [6.07, 6.45) is 0. The molecule has 0 aliphatic rings. The zero-order chi connectivity index (χ0) is 15.2. The van der Waals surface area contributed by atoms with Crippen LogP contribution in [-0.2, 0) is 13.1 Å². The monoisotopic (exact) mass is 287 g/mol. The number of carbonyl (C=O) groups excluding carboxylic acids is 1. The second-order valence-corrected chi connectivity index (χ2v) is 4.75. The van der Waals surface area contributed by atoms with E-state index in [1.54, 1.807) is 10.7 Å². The molecular formula is C16H21N3O2. The van der Waals surface area contributed by atoms with Crippen molar-refractivity contribution in [3.05, 3.63) is 47.3 Å². The van der Waals surface area contributed by atoms with E-state index in [1.807, 2.05) is 45.0 Å². The summed E-state index contributed by atoms with van der Waals surface area (Å²) in [6, 6.07) is 9.52. The summed E-state index contributed by atoms with van der Waals surface area (Å²) in [5.41, 5.74) is 2.48. The smallest absolute Gasteiger partial charge is 0.269 e. The van der Waals surface area contributed by atoms with Crippen molar-refractivity contribution in [2.75, 3.05) is 6.61 Å². The van der Waals surface area contributed by atoms with Crippen LogP contribution >= 0.6 is 0 Å². The maximum absolute atomic E-state index is 12.2. The number of hydrogen-bond acceptors (Lipinski definition) is 3. The van der Waals surface area contributed by atoms with Gasteiger partial charge in [-0.3, -0.25) is 9.48 Å². The Morgan fingerprint density at radius 1 is 1.29 bits per heavy atom. The summed E-state index contributed by atoms with van der Waals surface area (Å²) in [5, 5.41) is 7.19. The van der Waals surface area contributed by atoms with Gasteiger partial charge in [-0.2, -0.15) is 5.10 Å². The predicted molar refractivity (Wildman–Crippen MR) is 81.4 cm³/mol. The van der Waals surface area contributed by atoms with Crippen molar-refractivity contribution in [2.24, 2.45) is 0 Å². The second-order valence-electron chi connectivity index (χ2n) is 4.75. The van der Waals surface area contributed by atoms with Gasteiger partial charge < -0.3 is 10.1 Å². The van der Waals surface area contributed by atoms with E-state index in [-0.39, 0.29) is 5.91 Å². The predicted octanol–water partition coefficient (Wildman–Crippen LogP) is 2.54. The molecule has 0 saturated carbocycles. The minimum Gasteiger partial charge on any atom is -0.494 e. The minimum atomic E-state index is -0.105. The van der Waals surface area contributed by atoms with Gasteiger partial charge in [-0.25, -0.2) is 0 Å². The molecule has 0 saturated heterocycles. The van der Waals surface area contributed by atoms with Crippen LogP contribution in [-0.4, -0.2) is 22.3 Å². The number of benzene rings is 1. The summed E-state index contributed by atoms with van der Waals surface area (Å²) in [4.78, 5) is 12.2. The summed E-state index contributed by atoms with van der Waals surface area (Å²) >= 11 is 0. The standard InChI is InChI=1S/C16H21N3O2/c1-4-19-15(10-12(3)18-19)16(20)17-11-13-6-8-14(9-7-13)21-5-2/h6-10H,4-5,11H2,1-3H3,(H,17,20). The Bertz CT molecular complexity index is 602. The van der Waals surface area contributed by atoms with Crippen LogP contribution in [0.1, 0.15) is 35.6 Å². The van der Waals surface area contributed by atoms with E-state index in [2.05, 4.69) is 10.4 Å². The van der Waals surface area contributed by atoms with Crippen LogP contribution in [0.25, 0.3) is 0 Å². The molecule has 0 aliphatic heterocycles. The largest absolute Gasteiger partial charge is 0.494 e. The van der Waals surface area contributed by atoms with Crippen LogP contribution in [0.2, 0.25) is 0 Å². The van der Waals surface area contributed by atoms with Crippen LogP contribution < -0.4 is 10.1 Å². The lowest BCUT2D eigenvalue weighted by molar-refractivity contribution is 0.0940. The SMILES string of the molecule is CCOc1ccc(CNC(=O)c2cc(C)nn2CC)cc1. The van der Waals surface area contributed by atoms with Crippen molar-refractivity contribution < 1.29 is 9.53 Å². The van der Waals surface area contributed by atoms with Crippen LogP contribution in [0.3, 0.4) is 0 Å². The zero-order valence-corrected chi connectivity index (χ0v) is 12.7. The van der Waals surface area contributed by atoms with Gasteiger partial charge in [0.2, 0.25) is 0 Å². The number of nitrogens with zero attached hydrogens (tertiary/aromatic N) is 2. The first-order chi connectivity index (χ1) is 10.1. The first-order valence-corrected chi connectivity index (χ1v) is 7.18. The lowest BCUT2D eigenvalue weighted by Gasteiger charge is -2.08. The molecule has 1 N–H and O–H groups in total. The van der Waals surface area contributed by atoms with Crippen LogP contribution in [0.15, 0.2) is 30.3 Å². The highest BCUT2D eigenvalue weighted by atomic mass is 16.5. The van der Waals surface area contributed by atoms with E-state index in [4.69, 9.17) is 4.74 Å². The normalized spacial score (nSPS) is 10.4. The van der Waals surface area contributed by atoms with Crippen LogP contribution in [0.4, 0.5) is 0 Å². The maximum Gasteiger partial charge on any atom is 0.269 e. The zero-order valence-electron chi connectivity index (χ0n) is 12.7. The molecule has 21 heavy (non-hydrogen) atoms. The molecule has 0 fully saturated rings. The van der Waals surface area contributed by atoms with Gasteiger partial charge in [0.25, 0.3) is 5.91 Å². The van der Waals surface area contributed by atoms with Crippen molar-refractivity contribution >= 4 is 5.91 Å². The number of rotatable bonds is 6. The second kappa shape index (κ2) is 6.92. The molecule has 0 radical (unpaired) electrons. The lowest BCUT2D eigenvalue weighted by Crippen LogP contribution is -2.25. The Hall–Kier alpha value is -2.30. The number of amides is 1. The fraction of sp³-hybridized carbons (Fsp3) is 0.375. The molecule has 1 aromatic heterocycles. The van der Waals surface area contributed by atoms with Crippen molar-refractivity contribution in [3.63, 3.8) is 0 Å². The van der Waals surface area contributed by atoms with Gasteiger partial charge in [0.05, 0.1) is 12.3 Å². The van der Waals surface area contributed by atoms with Crippen molar-refractivity contribution in [3.8, 4) is 5.75 Å². The minimum absolute atomic E-state index is 0.105. The van der Waals surface area contributed by atoms with Gasteiger partial charge in [0.15, 0.2) is 0 Å². The molecule has 0 aliphatic carbocycles. The molecular weight excluding hydrogens is 266 g/mol. The lowest BCUT2D eigenvalue weighted by atomic mass is 10.2. The number of carbonyl (C=O) groups is 1. The number of nitrogens with one attached hydrogen (secondary N) is 1. The Morgan fingerprint density at radius 2 is 2.00 bits per heavy atom. The Morgan fingerprint density at radius 3 is 2.62 bits per heavy atom. The quantitative estimate of drug-likeness (QED) is 0.888. The fourth-order valence-electron chi connectivity index (χ4n) is 2.11. The van der Waals surface area contributed by atoms with Gasteiger partial charge in [0, 0.05) is 13.1 Å². The molecule has 1 heterocycles. The summed E-state index contributed by atoms with van der Waals surface area (Å²) < 4.78 is 7.10. The topological polar surface area (TPSA) is 56.1 Å². The third kappa shape index (κ3) is 3.84. The summed E-state index contributed by atoms with van der Waals surface area (Å²) in [6.45, 7) is 7.62. The summed E-state index contributed by atoms with van der Waals surface area (Å²) in [5.74, 6) is 0.735. The highest BCUT2D eigenvalue weighted by Gasteiger charge is 2.12. The Balaban J connectivity index is 1.97. The van der Waals surface area contributed by atoms with Gasteiger partial charge in [0.1, 0.15) is 11.4 Å². The molecule has 0 atom stereocenters. The van der Waals surface area contributed by atoms with E-state index in [0.717, 1.165) is 17.0 Å². The summed E-state index contributed by atoms with van der Waals surface area (Å²) in [7, 11) is 0. The van der Waals surface area contributed by atoms with Crippen molar-refractivity contribution in [2.45, 2.75) is 33.9 Å². The van der Waals surface area contributed by atoms with Gasteiger partial charge in [-0.1, -0.05) is 12.1 Å². The highest BCUT2D eigenvalue weighted by molar-refractivity contribution is 5.92. The van der Waals surface area contributed by atoms with Crippen molar-refractivity contribution in [1.82, 2.24) is 15.1 Å². The molecule has 0 bridgehead atoms. The molecule has 112 valence electrons. The molecule has 5 nitrogen and oxygen atoms in total. The average molecular weight is 287 g/mol. The van der Waals surface area contributed by atoms with E-state index >= 15 is 0 Å². The van der Waals surface area contributed by atoms with E-state index < -0.39 is 0 Å². The molecule has 5 heteroatoms. The highest BCUT2D eigenvalue weighted by Crippen LogP contribution is 2.12. The maximum atomic E-state index is 12.2. The molecule has 1 amide bonds. The van der Waals surface area contributed by atoms with Gasteiger partial charge in [-0.15, -0.1) is 0 Å². The number of hydrogen-bond donors (Lipinski definition) is 1. The number of ether oxygens (including phenoxy) is 1. The third-order valence-electron chi connectivity index (χ3n) is 3.12. The molecule has 0 unspecified atom stereocenters. The molecule has 2 aromatic rings. The number of aromatic nitrogens is 2. The van der Waals surface area contributed by atoms with Crippen molar-refractivity contribution in [1.29, 1.82) is 0 Å². The molecule has 0 spiro atoms. The fourth-order valence-corrected chi connectivity index (χ4v) is 2.11. The van der Waals surface area contributed by atoms with Crippen LogP contribution in [0.5, 0.6) is 5.75 Å². The third-order valence-corrected chi connectivity index (χ3v) is 3.12. The molecule has 1 aromatic carbocycles. The Kier molecular flexibility index (Phi) is 4.98. The molecule has 2 rings (SSSR count). The van der Waals surface area contributed by atoms with Crippen LogP contribution in [0, 0.1) is 6.92 Å². The van der Waals surface area contributed by atoms with E-state index in [9.17, 15) is 4.79 Å². The Labute approximate surface area is 124 Å². The first-order valence-electron chi connectivity index (χ1n) is 7.18. The first kappa shape index (κ1) is 15.1.